The molecule has 0 atom stereocenters. The number of piperidine rings is 1. The number of para-hydroxylation sites is 1. The Balaban J connectivity index is 1.59. The Morgan fingerprint density at radius 1 is 1.00 bits per heavy atom. The molecule has 118 valence electrons. The molecule has 0 saturated carbocycles. The van der Waals surface area contributed by atoms with E-state index < -0.39 is 0 Å². The first kappa shape index (κ1) is 13.9. The number of nitrogens with zero attached hydrogens (tertiary/aromatic N) is 1. The number of rotatable bonds is 1. The zero-order valence-electron chi connectivity index (χ0n) is 12.9. The number of nitrogens with two attached hydrogens (primary N) is 1. The number of nitrogen functional groups attached to an aromatic ring is 1. The Labute approximate surface area is 135 Å². The predicted octanol–water partition coefficient (Wildman–Crippen LogP) is 2.90. The molecule has 2 aromatic carbocycles. The first-order valence-electron chi connectivity index (χ1n) is 7.95. The number of urea groups is 1. The molecule has 2 amide bonds. The van der Waals surface area contributed by atoms with Gasteiger partial charge in [0.05, 0.1) is 5.54 Å². The number of amides is 2. The van der Waals surface area contributed by atoms with E-state index in [-0.39, 0.29) is 11.6 Å². The third kappa shape index (κ3) is 2.38. The molecule has 1 fully saturated rings. The quantitative estimate of drug-likeness (QED) is 0.709. The lowest BCUT2D eigenvalue weighted by molar-refractivity contribution is 0.219. The van der Waals surface area contributed by atoms with E-state index in [4.69, 9.17) is 5.73 Å². The molecule has 2 aromatic rings. The zero-order valence-corrected chi connectivity index (χ0v) is 12.9. The highest BCUT2D eigenvalue weighted by Gasteiger charge is 2.41. The molecule has 0 aliphatic carbocycles. The monoisotopic (exact) mass is 308 g/mol. The van der Waals surface area contributed by atoms with Crippen LogP contribution in [0.15, 0.2) is 48.5 Å². The maximum absolute atomic E-state index is 12.0. The summed E-state index contributed by atoms with van der Waals surface area (Å²) >= 11 is 0. The summed E-state index contributed by atoms with van der Waals surface area (Å²) in [6.45, 7) is 1.80. The van der Waals surface area contributed by atoms with Crippen molar-refractivity contribution in [1.82, 2.24) is 5.32 Å². The third-order valence-electron chi connectivity index (χ3n) is 4.92. The molecule has 2 heterocycles. The summed E-state index contributed by atoms with van der Waals surface area (Å²) in [5.41, 5.74) is 9.58. The van der Waals surface area contributed by atoms with Gasteiger partial charge in [-0.1, -0.05) is 18.2 Å². The fourth-order valence-electron chi connectivity index (χ4n) is 3.67. The van der Waals surface area contributed by atoms with E-state index in [1.54, 1.807) is 0 Å². The van der Waals surface area contributed by atoms with Gasteiger partial charge in [0.15, 0.2) is 0 Å². The minimum absolute atomic E-state index is 0.107. The van der Waals surface area contributed by atoms with Crippen LogP contribution < -0.4 is 21.3 Å². The van der Waals surface area contributed by atoms with Crippen molar-refractivity contribution in [2.45, 2.75) is 18.4 Å². The molecule has 2 aliphatic rings. The van der Waals surface area contributed by atoms with Gasteiger partial charge in [0, 0.05) is 35.7 Å². The first-order valence-corrected chi connectivity index (χ1v) is 7.95. The van der Waals surface area contributed by atoms with Crippen LogP contribution in [-0.4, -0.2) is 19.1 Å². The van der Waals surface area contributed by atoms with Crippen LogP contribution in [0.4, 0.5) is 21.9 Å². The number of nitrogens with one attached hydrogen (secondary N) is 2. The number of carbonyl (C=O) groups excluding carboxylic acids is 1. The molecule has 1 saturated heterocycles. The number of anilines is 3. The average molecular weight is 308 g/mol. The van der Waals surface area contributed by atoms with E-state index >= 15 is 0 Å². The second kappa shape index (κ2) is 5.19. The van der Waals surface area contributed by atoms with Crippen LogP contribution in [0.25, 0.3) is 0 Å². The maximum atomic E-state index is 12.0. The van der Waals surface area contributed by atoms with E-state index in [2.05, 4.69) is 33.7 Å². The van der Waals surface area contributed by atoms with Gasteiger partial charge in [0.2, 0.25) is 0 Å². The van der Waals surface area contributed by atoms with Crippen molar-refractivity contribution in [1.29, 1.82) is 0 Å². The highest BCUT2D eigenvalue weighted by atomic mass is 16.2. The molecule has 2 aliphatic heterocycles. The Hall–Kier alpha value is -2.69. The Morgan fingerprint density at radius 2 is 1.70 bits per heavy atom. The molecule has 4 N–H and O–H groups in total. The minimum Gasteiger partial charge on any atom is -0.399 e. The van der Waals surface area contributed by atoms with Crippen molar-refractivity contribution < 1.29 is 4.79 Å². The van der Waals surface area contributed by atoms with Crippen LogP contribution in [0.3, 0.4) is 0 Å². The smallest absolute Gasteiger partial charge is 0.319 e. The van der Waals surface area contributed by atoms with Crippen LogP contribution in [0.1, 0.15) is 18.4 Å². The van der Waals surface area contributed by atoms with Crippen molar-refractivity contribution in [3.8, 4) is 0 Å². The number of hydrogen-bond donors (Lipinski definition) is 3. The third-order valence-corrected chi connectivity index (χ3v) is 4.92. The molecule has 23 heavy (non-hydrogen) atoms. The predicted molar refractivity (Wildman–Crippen MR) is 92.6 cm³/mol. The molecule has 0 bridgehead atoms. The van der Waals surface area contributed by atoms with E-state index in [1.165, 1.54) is 11.3 Å². The van der Waals surface area contributed by atoms with Crippen LogP contribution >= 0.6 is 0 Å². The second-order valence-corrected chi connectivity index (χ2v) is 6.29. The molecule has 4 rings (SSSR count). The van der Waals surface area contributed by atoms with Gasteiger partial charge in [0.1, 0.15) is 0 Å². The molecule has 0 radical (unpaired) electrons. The van der Waals surface area contributed by atoms with Crippen LogP contribution in [-0.2, 0) is 5.54 Å². The average Bonchev–Trinajstić information content (AvgIpc) is 2.56. The molecule has 1 spiro atoms. The fourth-order valence-corrected chi connectivity index (χ4v) is 3.67. The Bertz CT molecular complexity index is 733. The summed E-state index contributed by atoms with van der Waals surface area (Å²) in [5, 5.41) is 6.08. The molecule has 5 nitrogen and oxygen atoms in total. The molecule has 0 aromatic heterocycles. The lowest BCUT2D eigenvalue weighted by Crippen LogP contribution is -2.57. The number of fused-ring (bicyclic) bond motifs is 2. The van der Waals surface area contributed by atoms with Gasteiger partial charge in [0.25, 0.3) is 0 Å². The van der Waals surface area contributed by atoms with Crippen LogP contribution in [0.5, 0.6) is 0 Å². The van der Waals surface area contributed by atoms with Crippen molar-refractivity contribution in [2.75, 3.05) is 29.0 Å². The van der Waals surface area contributed by atoms with E-state index in [9.17, 15) is 4.79 Å². The Morgan fingerprint density at radius 3 is 2.43 bits per heavy atom. The Kier molecular flexibility index (Phi) is 3.15. The fraction of sp³-hybridized carbons (Fsp3) is 0.278. The second-order valence-electron chi connectivity index (χ2n) is 6.29. The highest BCUT2D eigenvalue weighted by Crippen LogP contribution is 2.40. The molecule has 5 heteroatoms. The van der Waals surface area contributed by atoms with Gasteiger partial charge in [-0.05, 0) is 43.2 Å². The topological polar surface area (TPSA) is 70.4 Å². The van der Waals surface area contributed by atoms with E-state index in [0.717, 1.165) is 37.3 Å². The number of carbonyl (C=O) groups is 1. The normalized spacial score (nSPS) is 19.0. The zero-order chi connectivity index (χ0) is 15.9. The summed E-state index contributed by atoms with van der Waals surface area (Å²) in [7, 11) is 0. The highest BCUT2D eigenvalue weighted by molar-refractivity contribution is 5.93. The molecular formula is C18H20N4O. The van der Waals surface area contributed by atoms with Crippen LogP contribution in [0, 0.1) is 0 Å². The standard InChI is InChI=1S/C18H20N4O/c19-13-5-7-14(8-6-13)22-11-9-18(10-12-22)15-3-1-2-4-16(15)20-17(23)21-18/h1-8H,9-12,19H2,(H2,20,21,23). The minimum atomic E-state index is -0.261. The van der Waals surface area contributed by atoms with Gasteiger partial charge in [-0.25, -0.2) is 4.79 Å². The summed E-state index contributed by atoms with van der Waals surface area (Å²) in [6, 6.07) is 16.0. The molecular weight excluding hydrogens is 288 g/mol. The summed E-state index contributed by atoms with van der Waals surface area (Å²) in [4.78, 5) is 14.4. The van der Waals surface area contributed by atoms with Crippen molar-refractivity contribution >= 4 is 23.1 Å². The number of hydrogen-bond acceptors (Lipinski definition) is 3. The largest absolute Gasteiger partial charge is 0.399 e. The van der Waals surface area contributed by atoms with E-state index in [1.807, 2.05) is 30.3 Å². The van der Waals surface area contributed by atoms with Gasteiger partial charge >= 0.3 is 6.03 Å². The number of benzene rings is 2. The van der Waals surface area contributed by atoms with Crippen molar-refractivity contribution in [2.24, 2.45) is 0 Å². The van der Waals surface area contributed by atoms with Crippen molar-refractivity contribution in [3.05, 3.63) is 54.1 Å². The lowest BCUT2D eigenvalue weighted by Gasteiger charge is -2.46. The van der Waals surface area contributed by atoms with Gasteiger partial charge in [-0.15, -0.1) is 0 Å². The lowest BCUT2D eigenvalue weighted by atomic mass is 9.79. The summed E-state index contributed by atoms with van der Waals surface area (Å²) < 4.78 is 0. The first-order chi connectivity index (χ1) is 11.2. The summed E-state index contributed by atoms with van der Waals surface area (Å²) in [6.07, 6.45) is 1.78. The van der Waals surface area contributed by atoms with Gasteiger partial charge in [-0.3, -0.25) is 0 Å². The molecule has 0 unspecified atom stereocenters. The van der Waals surface area contributed by atoms with Gasteiger partial charge in [-0.2, -0.15) is 0 Å². The van der Waals surface area contributed by atoms with Crippen molar-refractivity contribution in [3.63, 3.8) is 0 Å². The van der Waals surface area contributed by atoms with Gasteiger partial charge < -0.3 is 21.3 Å². The SMILES string of the molecule is Nc1ccc(N2CCC3(CC2)NC(=O)Nc2ccccc23)cc1. The van der Waals surface area contributed by atoms with E-state index in [0.29, 0.717) is 0 Å². The summed E-state index contributed by atoms with van der Waals surface area (Å²) in [5.74, 6) is 0. The maximum Gasteiger partial charge on any atom is 0.319 e. The van der Waals surface area contributed by atoms with Crippen LogP contribution in [0.2, 0.25) is 0 Å².